The molecule has 0 unspecified atom stereocenters. The van der Waals surface area contributed by atoms with Gasteiger partial charge in [0.15, 0.2) is 0 Å². The molecule has 1 amide bonds. The molecule has 0 aromatic heterocycles. The number of amides is 1. The van der Waals surface area contributed by atoms with Crippen LogP contribution in [-0.2, 0) is 16.1 Å². The largest absolute Gasteiger partial charge is 0.492 e. The number of aliphatic carboxylic acids is 1. The van der Waals surface area contributed by atoms with Crippen LogP contribution >= 0.6 is 0 Å². The lowest BCUT2D eigenvalue weighted by Crippen LogP contribution is -2.25. The minimum absolute atomic E-state index is 0.00135. The van der Waals surface area contributed by atoms with Crippen molar-refractivity contribution in [3.63, 3.8) is 0 Å². The molecule has 1 aliphatic heterocycles. The summed E-state index contributed by atoms with van der Waals surface area (Å²) in [4.78, 5) is 24.3. The normalized spacial score (nSPS) is 14.6. The number of benzene rings is 1. The molecule has 2 rings (SSSR count). The SMILES string of the molecule is O=C(O)CCC(=O)NCc1cccc(OCCN2CCCC2)c1. The molecule has 0 aliphatic carbocycles. The third-order valence-corrected chi connectivity index (χ3v) is 3.83. The standard InChI is InChI=1S/C17H24N2O4/c20-16(6-7-17(21)22)18-13-14-4-3-5-15(12-14)23-11-10-19-8-1-2-9-19/h3-5,12H,1-2,6-11,13H2,(H,18,20)(H,21,22). The second-order valence-electron chi connectivity index (χ2n) is 5.72. The Morgan fingerprint density at radius 1 is 1.22 bits per heavy atom. The van der Waals surface area contributed by atoms with Gasteiger partial charge in [-0.15, -0.1) is 0 Å². The molecule has 1 heterocycles. The highest BCUT2D eigenvalue weighted by Crippen LogP contribution is 2.14. The summed E-state index contributed by atoms with van der Waals surface area (Å²) in [5.41, 5.74) is 0.937. The third-order valence-electron chi connectivity index (χ3n) is 3.83. The molecule has 1 aromatic rings. The van der Waals surface area contributed by atoms with E-state index in [1.165, 1.54) is 12.8 Å². The zero-order valence-corrected chi connectivity index (χ0v) is 13.3. The first-order valence-electron chi connectivity index (χ1n) is 8.06. The summed E-state index contributed by atoms with van der Waals surface area (Å²) in [6, 6.07) is 7.61. The molecule has 0 bridgehead atoms. The molecular weight excluding hydrogens is 296 g/mol. The summed E-state index contributed by atoms with van der Waals surface area (Å²) in [5.74, 6) is -0.428. The number of rotatable bonds is 9. The van der Waals surface area contributed by atoms with Crippen molar-refractivity contribution in [1.82, 2.24) is 10.2 Å². The first-order chi connectivity index (χ1) is 11.1. The van der Waals surface area contributed by atoms with Gasteiger partial charge in [-0.3, -0.25) is 14.5 Å². The maximum absolute atomic E-state index is 11.5. The minimum Gasteiger partial charge on any atom is -0.492 e. The zero-order chi connectivity index (χ0) is 16.5. The van der Waals surface area contributed by atoms with Crippen LogP contribution in [0.3, 0.4) is 0 Å². The molecule has 1 aliphatic rings. The maximum Gasteiger partial charge on any atom is 0.303 e. The highest BCUT2D eigenvalue weighted by molar-refractivity contribution is 5.80. The van der Waals surface area contributed by atoms with Crippen LogP contribution in [0.4, 0.5) is 0 Å². The quantitative estimate of drug-likeness (QED) is 0.723. The van der Waals surface area contributed by atoms with E-state index in [2.05, 4.69) is 10.2 Å². The molecule has 0 saturated carbocycles. The summed E-state index contributed by atoms with van der Waals surface area (Å²) in [6.07, 6.45) is 2.40. The number of likely N-dealkylation sites (tertiary alicyclic amines) is 1. The molecule has 1 aromatic carbocycles. The van der Waals surface area contributed by atoms with Gasteiger partial charge in [-0.1, -0.05) is 12.1 Å². The number of carboxylic acids is 1. The van der Waals surface area contributed by atoms with E-state index in [1.54, 1.807) is 0 Å². The molecule has 1 saturated heterocycles. The lowest BCUT2D eigenvalue weighted by molar-refractivity contribution is -0.138. The van der Waals surface area contributed by atoms with Gasteiger partial charge in [0.05, 0.1) is 6.42 Å². The molecule has 6 heteroatoms. The third kappa shape index (κ3) is 6.69. The summed E-state index contributed by atoms with van der Waals surface area (Å²) < 4.78 is 5.76. The average Bonchev–Trinajstić information content (AvgIpc) is 3.05. The second kappa shape index (κ2) is 9.15. The van der Waals surface area contributed by atoms with Crippen molar-refractivity contribution in [1.29, 1.82) is 0 Å². The van der Waals surface area contributed by atoms with Gasteiger partial charge in [0.25, 0.3) is 0 Å². The number of carboxylic acid groups (broad SMARTS) is 1. The van der Waals surface area contributed by atoms with Crippen LogP contribution in [0.2, 0.25) is 0 Å². The van der Waals surface area contributed by atoms with E-state index < -0.39 is 5.97 Å². The number of nitrogens with one attached hydrogen (secondary N) is 1. The van der Waals surface area contributed by atoms with Crippen molar-refractivity contribution in [2.24, 2.45) is 0 Å². The molecule has 0 spiro atoms. The van der Waals surface area contributed by atoms with E-state index in [1.807, 2.05) is 24.3 Å². The first-order valence-corrected chi connectivity index (χ1v) is 8.06. The van der Waals surface area contributed by atoms with Gasteiger partial charge in [0, 0.05) is 19.5 Å². The fraction of sp³-hybridized carbons (Fsp3) is 0.529. The van der Waals surface area contributed by atoms with E-state index in [0.717, 1.165) is 30.9 Å². The molecule has 126 valence electrons. The Bertz CT molecular complexity index is 527. The van der Waals surface area contributed by atoms with Crippen molar-refractivity contribution >= 4 is 11.9 Å². The molecular formula is C17H24N2O4. The predicted octanol–water partition coefficient (Wildman–Crippen LogP) is 1.64. The Hall–Kier alpha value is -2.08. The van der Waals surface area contributed by atoms with Gasteiger partial charge in [-0.2, -0.15) is 0 Å². The lowest BCUT2D eigenvalue weighted by Gasteiger charge is -2.15. The number of hydrogen-bond donors (Lipinski definition) is 2. The van der Waals surface area contributed by atoms with Crippen molar-refractivity contribution in [2.45, 2.75) is 32.2 Å². The van der Waals surface area contributed by atoms with Gasteiger partial charge >= 0.3 is 5.97 Å². The van der Waals surface area contributed by atoms with Crippen molar-refractivity contribution < 1.29 is 19.4 Å². The van der Waals surface area contributed by atoms with Gasteiger partial charge in [0.1, 0.15) is 12.4 Å². The highest BCUT2D eigenvalue weighted by Gasteiger charge is 2.11. The summed E-state index contributed by atoms with van der Waals surface area (Å²) in [6.45, 7) is 4.30. The van der Waals surface area contributed by atoms with Crippen LogP contribution in [0.25, 0.3) is 0 Å². The Balaban J connectivity index is 1.70. The Kier molecular flexibility index (Phi) is 6.87. The fourth-order valence-corrected chi connectivity index (χ4v) is 2.55. The van der Waals surface area contributed by atoms with Crippen LogP contribution in [0.15, 0.2) is 24.3 Å². The predicted molar refractivity (Wildman–Crippen MR) is 86.3 cm³/mol. The van der Waals surface area contributed by atoms with Crippen molar-refractivity contribution in [3.05, 3.63) is 29.8 Å². The first kappa shape index (κ1) is 17.3. The van der Waals surface area contributed by atoms with E-state index >= 15 is 0 Å². The van der Waals surface area contributed by atoms with Gasteiger partial charge in [0.2, 0.25) is 5.91 Å². The van der Waals surface area contributed by atoms with Crippen LogP contribution in [0.5, 0.6) is 5.75 Å². The zero-order valence-electron chi connectivity index (χ0n) is 13.3. The molecule has 1 fully saturated rings. The van der Waals surface area contributed by atoms with Crippen LogP contribution in [0, 0.1) is 0 Å². The van der Waals surface area contributed by atoms with Crippen LogP contribution in [-0.4, -0.2) is 48.1 Å². The van der Waals surface area contributed by atoms with E-state index in [4.69, 9.17) is 9.84 Å². The van der Waals surface area contributed by atoms with E-state index in [9.17, 15) is 9.59 Å². The van der Waals surface area contributed by atoms with Crippen molar-refractivity contribution in [3.8, 4) is 5.75 Å². The van der Waals surface area contributed by atoms with Gasteiger partial charge in [-0.05, 0) is 43.6 Å². The number of ether oxygens (including phenoxy) is 1. The minimum atomic E-state index is -0.964. The maximum atomic E-state index is 11.5. The number of carbonyl (C=O) groups is 2. The monoisotopic (exact) mass is 320 g/mol. The van der Waals surface area contributed by atoms with Crippen LogP contribution < -0.4 is 10.1 Å². The molecule has 6 nitrogen and oxygen atoms in total. The van der Waals surface area contributed by atoms with E-state index in [0.29, 0.717) is 13.2 Å². The Morgan fingerprint density at radius 3 is 2.74 bits per heavy atom. The Labute approximate surface area is 136 Å². The lowest BCUT2D eigenvalue weighted by atomic mass is 10.2. The Morgan fingerprint density at radius 2 is 2.00 bits per heavy atom. The number of carbonyl (C=O) groups excluding carboxylic acids is 1. The van der Waals surface area contributed by atoms with Crippen LogP contribution in [0.1, 0.15) is 31.2 Å². The molecule has 0 atom stereocenters. The van der Waals surface area contributed by atoms with Gasteiger partial charge in [-0.25, -0.2) is 0 Å². The summed E-state index contributed by atoms with van der Waals surface area (Å²) >= 11 is 0. The summed E-state index contributed by atoms with van der Waals surface area (Å²) in [5, 5.41) is 11.3. The fourth-order valence-electron chi connectivity index (χ4n) is 2.55. The topological polar surface area (TPSA) is 78.9 Å². The molecule has 2 N–H and O–H groups in total. The number of nitrogens with zero attached hydrogens (tertiary/aromatic N) is 1. The smallest absolute Gasteiger partial charge is 0.303 e. The summed E-state index contributed by atoms with van der Waals surface area (Å²) in [7, 11) is 0. The average molecular weight is 320 g/mol. The van der Waals surface area contributed by atoms with E-state index in [-0.39, 0.29) is 18.7 Å². The second-order valence-corrected chi connectivity index (χ2v) is 5.72. The molecule has 23 heavy (non-hydrogen) atoms. The highest BCUT2D eigenvalue weighted by atomic mass is 16.5. The molecule has 0 radical (unpaired) electrons. The van der Waals surface area contributed by atoms with Gasteiger partial charge < -0.3 is 15.2 Å². The number of hydrogen-bond acceptors (Lipinski definition) is 4. The van der Waals surface area contributed by atoms with Crippen molar-refractivity contribution in [2.75, 3.05) is 26.2 Å².